The number of hydrogen-bond acceptors (Lipinski definition) is 1. The van der Waals surface area contributed by atoms with Gasteiger partial charge in [-0.25, -0.2) is 0 Å². The highest BCUT2D eigenvalue weighted by Crippen LogP contribution is 2.39. The van der Waals surface area contributed by atoms with Crippen molar-refractivity contribution in [1.82, 2.24) is 0 Å². The molecule has 1 aromatic carbocycles. The van der Waals surface area contributed by atoms with Crippen molar-refractivity contribution in [3.8, 4) is 0 Å². The molecule has 2 heteroatoms. The summed E-state index contributed by atoms with van der Waals surface area (Å²) >= 11 is 3.70. The van der Waals surface area contributed by atoms with Crippen molar-refractivity contribution >= 4 is 15.9 Å². The Bertz CT molecular complexity index is 402. The molecule has 0 aliphatic heterocycles. The predicted molar refractivity (Wildman–Crippen MR) is 81.5 cm³/mol. The van der Waals surface area contributed by atoms with Crippen LogP contribution in [0.3, 0.4) is 0 Å². The lowest BCUT2D eigenvalue weighted by Gasteiger charge is -2.33. The molecule has 2 N–H and O–H groups in total. The van der Waals surface area contributed by atoms with Gasteiger partial charge < -0.3 is 5.73 Å². The Morgan fingerprint density at radius 1 is 1.39 bits per heavy atom. The van der Waals surface area contributed by atoms with Gasteiger partial charge in [0.15, 0.2) is 0 Å². The molecule has 18 heavy (non-hydrogen) atoms. The summed E-state index contributed by atoms with van der Waals surface area (Å²) in [5.41, 5.74) is 9.10. The van der Waals surface area contributed by atoms with Crippen LogP contribution < -0.4 is 5.73 Å². The van der Waals surface area contributed by atoms with Crippen LogP contribution in [0.15, 0.2) is 22.7 Å². The maximum atomic E-state index is 6.53. The van der Waals surface area contributed by atoms with E-state index < -0.39 is 0 Å². The van der Waals surface area contributed by atoms with E-state index in [0.717, 1.165) is 5.92 Å². The van der Waals surface area contributed by atoms with Gasteiger partial charge in [0.2, 0.25) is 0 Å². The molecule has 0 spiro atoms. The molecule has 0 saturated heterocycles. The van der Waals surface area contributed by atoms with Crippen molar-refractivity contribution in [2.24, 2.45) is 17.6 Å². The zero-order valence-electron chi connectivity index (χ0n) is 11.5. The third-order valence-electron chi connectivity index (χ3n) is 4.49. The fourth-order valence-corrected chi connectivity index (χ4v) is 3.74. The standard InChI is InChI=1S/C16H24BrN/c1-3-12-7-5-8-13(10-12)16(18)14-9-4-6-11(2)15(14)17/h4,6,9,12-13,16H,3,5,7-8,10,18H2,1-2H3. The Kier molecular flexibility index (Phi) is 4.85. The zero-order chi connectivity index (χ0) is 13.1. The van der Waals surface area contributed by atoms with Crippen LogP contribution in [-0.2, 0) is 0 Å². The van der Waals surface area contributed by atoms with Crippen molar-refractivity contribution in [3.63, 3.8) is 0 Å². The number of halogens is 1. The quantitative estimate of drug-likeness (QED) is 0.837. The maximum absolute atomic E-state index is 6.53. The number of hydrogen-bond donors (Lipinski definition) is 1. The first-order valence-electron chi connectivity index (χ1n) is 7.14. The smallest absolute Gasteiger partial charge is 0.0334 e. The minimum absolute atomic E-state index is 0.189. The van der Waals surface area contributed by atoms with Crippen LogP contribution in [0.2, 0.25) is 0 Å². The average Bonchev–Trinajstić information content (AvgIpc) is 2.41. The molecule has 0 radical (unpaired) electrons. The number of nitrogens with two attached hydrogens (primary N) is 1. The normalized spacial score (nSPS) is 26.0. The minimum Gasteiger partial charge on any atom is -0.324 e. The molecule has 1 saturated carbocycles. The highest BCUT2D eigenvalue weighted by molar-refractivity contribution is 9.10. The second-order valence-electron chi connectivity index (χ2n) is 5.70. The maximum Gasteiger partial charge on any atom is 0.0334 e. The summed E-state index contributed by atoms with van der Waals surface area (Å²) in [5, 5.41) is 0. The van der Waals surface area contributed by atoms with Crippen LogP contribution in [0.1, 0.15) is 56.2 Å². The number of aryl methyl sites for hydroxylation is 1. The second kappa shape index (κ2) is 6.21. The third kappa shape index (κ3) is 2.97. The molecule has 1 aromatic rings. The van der Waals surface area contributed by atoms with Crippen molar-refractivity contribution in [3.05, 3.63) is 33.8 Å². The first kappa shape index (κ1) is 14.1. The van der Waals surface area contributed by atoms with Gasteiger partial charge in [0, 0.05) is 10.5 Å². The molecule has 0 bridgehead atoms. The lowest BCUT2D eigenvalue weighted by Crippen LogP contribution is -2.27. The van der Waals surface area contributed by atoms with E-state index in [-0.39, 0.29) is 6.04 Å². The molecule has 3 atom stereocenters. The van der Waals surface area contributed by atoms with Crippen molar-refractivity contribution in [2.45, 2.75) is 52.0 Å². The molecule has 1 aliphatic carbocycles. The van der Waals surface area contributed by atoms with Gasteiger partial charge >= 0.3 is 0 Å². The van der Waals surface area contributed by atoms with Gasteiger partial charge in [-0.15, -0.1) is 0 Å². The first-order chi connectivity index (χ1) is 8.63. The molecule has 3 unspecified atom stereocenters. The Hall–Kier alpha value is -0.340. The Morgan fingerprint density at radius 3 is 2.89 bits per heavy atom. The van der Waals surface area contributed by atoms with Crippen LogP contribution in [0.5, 0.6) is 0 Å². The lowest BCUT2D eigenvalue weighted by molar-refractivity contribution is 0.230. The third-order valence-corrected chi connectivity index (χ3v) is 5.57. The van der Waals surface area contributed by atoms with Gasteiger partial charge in [-0.05, 0) is 42.7 Å². The van der Waals surface area contributed by atoms with Crippen LogP contribution in [0.25, 0.3) is 0 Å². The summed E-state index contributed by atoms with van der Waals surface area (Å²) in [6.45, 7) is 4.44. The number of benzene rings is 1. The topological polar surface area (TPSA) is 26.0 Å². The molecule has 0 aromatic heterocycles. The van der Waals surface area contributed by atoms with Crippen LogP contribution in [0.4, 0.5) is 0 Å². The van der Waals surface area contributed by atoms with E-state index in [2.05, 4.69) is 48.0 Å². The van der Waals surface area contributed by atoms with E-state index in [1.54, 1.807) is 0 Å². The fraction of sp³-hybridized carbons (Fsp3) is 0.625. The van der Waals surface area contributed by atoms with Crippen LogP contribution in [-0.4, -0.2) is 0 Å². The van der Waals surface area contributed by atoms with Crippen molar-refractivity contribution < 1.29 is 0 Å². The Labute approximate surface area is 119 Å². The minimum atomic E-state index is 0.189. The van der Waals surface area contributed by atoms with Crippen LogP contribution >= 0.6 is 15.9 Å². The monoisotopic (exact) mass is 309 g/mol. The van der Waals surface area contributed by atoms with Crippen LogP contribution in [0, 0.1) is 18.8 Å². The second-order valence-corrected chi connectivity index (χ2v) is 6.50. The molecule has 1 aliphatic rings. The van der Waals surface area contributed by atoms with Gasteiger partial charge in [0.05, 0.1) is 0 Å². The number of rotatable bonds is 3. The molecule has 100 valence electrons. The van der Waals surface area contributed by atoms with Gasteiger partial charge in [0.1, 0.15) is 0 Å². The van der Waals surface area contributed by atoms with E-state index in [1.165, 1.54) is 47.7 Å². The van der Waals surface area contributed by atoms with Gasteiger partial charge in [0.25, 0.3) is 0 Å². The SMILES string of the molecule is CCC1CCCC(C(N)c2cccc(C)c2Br)C1. The highest BCUT2D eigenvalue weighted by atomic mass is 79.9. The molecular formula is C16H24BrN. The summed E-state index contributed by atoms with van der Waals surface area (Å²) in [4.78, 5) is 0. The van der Waals surface area contributed by atoms with E-state index in [1.807, 2.05) is 0 Å². The largest absolute Gasteiger partial charge is 0.324 e. The Morgan fingerprint density at radius 2 is 2.17 bits per heavy atom. The summed E-state index contributed by atoms with van der Waals surface area (Å²) in [6.07, 6.45) is 6.64. The zero-order valence-corrected chi connectivity index (χ0v) is 13.0. The van der Waals surface area contributed by atoms with E-state index >= 15 is 0 Å². The van der Waals surface area contributed by atoms with Crippen molar-refractivity contribution in [2.75, 3.05) is 0 Å². The molecular weight excluding hydrogens is 286 g/mol. The summed E-state index contributed by atoms with van der Waals surface area (Å²) in [7, 11) is 0. The van der Waals surface area contributed by atoms with E-state index in [0.29, 0.717) is 5.92 Å². The summed E-state index contributed by atoms with van der Waals surface area (Å²) in [6, 6.07) is 6.62. The van der Waals surface area contributed by atoms with E-state index in [4.69, 9.17) is 5.73 Å². The highest BCUT2D eigenvalue weighted by Gasteiger charge is 2.27. The lowest BCUT2D eigenvalue weighted by atomic mass is 9.75. The predicted octanol–water partition coefficient (Wildman–Crippen LogP) is 4.97. The average molecular weight is 310 g/mol. The molecule has 2 rings (SSSR count). The molecule has 1 fully saturated rings. The summed E-state index contributed by atoms with van der Waals surface area (Å²) < 4.78 is 1.20. The molecule has 0 amide bonds. The van der Waals surface area contributed by atoms with Gasteiger partial charge in [-0.2, -0.15) is 0 Å². The fourth-order valence-electron chi connectivity index (χ4n) is 3.21. The van der Waals surface area contributed by atoms with Gasteiger partial charge in [-0.1, -0.05) is 60.3 Å². The molecule has 0 heterocycles. The Balaban J connectivity index is 2.15. The van der Waals surface area contributed by atoms with Gasteiger partial charge in [-0.3, -0.25) is 0 Å². The first-order valence-corrected chi connectivity index (χ1v) is 7.93. The van der Waals surface area contributed by atoms with E-state index in [9.17, 15) is 0 Å². The molecule has 1 nitrogen and oxygen atoms in total. The summed E-state index contributed by atoms with van der Waals surface area (Å²) in [5.74, 6) is 1.54. The van der Waals surface area contributed by atoms with Crippen molar-refractivity contribution in [1.29, 1.82) is 0 Å².